The van der Waals surface area contributed by atoms with Crippen LogP contribution in [0.15, 0.2) is 65.5 Å². The fourth-order valence-electron chi connectivity index (χ4n) is 9.62. The standard InChI is InChI=1S/C52H73N7O19S/c1-49(2,3)76-46(65)54-33-21-20-30(25-53-45(64)72-26-28-16-18-29(56-69)19-17-28)74-39(33)36-34(55-47(66)77-50(4,5)6)24-35(57-79(70,71)23-22-59-42(62)31-14-12-13-15-32(31)43(59)63)40(37(36)60)75-44-38(61)41(52(10,68)27-73-44)58(11)48(67)78-51(7,8)9/h12-20,33-41,44,57,60-61,68H,21-27H2,1-11H3,(H,53,64)(H,54,65)(H,55,66)/t33-,34+,35-,36?,37+,38-,39+,40+,41-,44-,52+/m1/s1. The molecule has 3 heterocycles. The van der Waals surface area contributed by atoms with Gasteiger partial charge in [0.25, 0.3) is 11.8 Å². The van der Waals surface area contributed by atoms with Gasteiger partial charge >= 0.3 is 24.4 Å². The lowest BCUT2D eigenvalue weighted by Gasteiger charge is -2.52. The summed E-state index contributed by atoms with van der Waals surface area (Å²) in [7, 11) is -3.36. The number of fused-ring (bicyclic) bond motifs is 1. The van der Waals surface area contributed by atoms with Gasteiger partial charge in [-0.05, 0) is 123 Å². The first-order chi connectivity index (χ1) is 36.7. The number of aliphatic hydroxyl groups excluding tert-OH is 2. The van der Waals surface area contributed by atoms with Crippen LogP contribution in [-0.2, 0) is 49.8 Å². The first-order valence-electron chi connectivity index (χ1n) is 25.6. The summed E-state index contributed by atoms with van der Waals surface area (Å²) < 4.78 is 72.3. The van der Waals surface area contributed by atoms with Crippen molar-refractivity contribution in [3.8, 4) is 0 Å². The maximum atomic E-state index is 14.3. The van der Waals surface area contributed by atoms with Gasteiger partial charge in [0, 0.05) is 25.6 Å². The third-order valence-electron chi connectivity index (χ3n) is 12.9. The minimum atomic E-state index is -4.63. The fraction of sp³-hybridized carbons (Fsp3) is 0.615. The van der Waals surface area contributed by atoms with Crippen LogP contribution in [0.2, 0.25) is 0 Å². The summed E-state index contributed by atoms with van der Waals surface area (Å²) in [5, 5.41) is 47.6. The molecule has 6 rings (SSSR count). The topological polar surface area (TPSA) is 346 Å². The first kappa shape index (κ1) is 61.7. The second kappa shape index (κ2) is 24.5. The van der Waals surface area contributed by atoms with Gasteiger partial charge in [0.1, 0.15) is 58.8 Å². The van der Waals surface area contributed by atoms with Crippen LogP contribution in [0.5, 0.6) is 0 Å². The van der Waals surface area contributed by atoms with Crippen LogP contribution in [0.1, 0.15) is 108 Å². The zero-order valence-electron chi connectivity index (χ0n) is 46.0. The van der Waals surface area contributed by atoms with Gasteiger partial charge in [-0.1, -0.05) is 24.3 Å². The number of nitrogens with zero attached hydrogens (tertiary/aromatic N) is 3. The van der Waals surface area contributed by atoms with Crippen molar-refractivity contribution in [2.45, 2.75) is 166 Å². The Morgan fingerprint density at radius 2 is 1.39 bits per heavy atom. The van der Waals surface area contributed by atoms with E-state index in [2.05, 4.69) is 25.8 Å². The SMILES string of the molecule is CN(C(=O)OC(C)(C)C)[C@@H]1[C@@H](O)[C@@H](O[C@H]2[C@H](NS(=O)(=O)CCN3C(=O)c4ccccc4C3=O)C[C@H](NC(=O)OC(C)(C)C)C([C@H]3OC(CNC(=O)OCc4ccc(N=O)cc4)=CC[C@H]3NC(=O)OC(C)(C)C)[C@@H]2O)OC[C@]1(C)O. The molecule has 3 aliphatic heterocycles. The van der Waals surface area contributed by atoms with Crippen molar-refractivity contribution in [2.24, 2.45) is 11.1 Å². The number of hydrogen-bond donors (Lipinski definition) is 7. The predicted octanol–water partition coefficient (Wildman–Crippen LogP) is 3.82. The molecular formula is C52H73N7O19S. The molecule has 0 radical (unpaired) electrons. The van der Waals surface area contributed by atoms with E-state index in [4.69, 9.17) is 33.2 Å². The van der Waals surface area contributed by atoms with E-state index in [1.165, 1.54) is 38.2 Å². The molecule has 0 aromatic heterocycles. The van der Waals surface area contributed by atoms with Crippen molar-refractivity contribution in [2.75, 3.05) is 32.5 Å². The Balaban J connectivity index is 1.38. The van der Waals surface area contributed by atoms with Gasteiger partial charge in [-0.2, -0.15) is 0 Å². The van der Waals surface area contributed by atoms with Gasteiger partial charge in [0.05, 0.1) is 54.3 Å². The third-order valence-corrected chi connectivity index (χ3v) is 14.3. The zero-order valence-corrected chi connectivity index (χ0v) is 46.9. The zero-order chi connectivity index (χ0) is 58.6. The molecule has 26 nitrogen and oxygen atoms in total. The minimum Gasteiger partial charge on any atom is -0.491 e. The molecule has 2 fully saturated rings. The highest BCUT2D eigenvalue weighted by Crippen LogP contribution is 2.39. The van der Waals surface area contributed by atoms with Crippen molar-refractivity contribution in [1.29, 1.82) is 0 Å². The van der Waals surface area contributed by atoms with Crippen molar-refractivity contribution >= 4 is 51.9 Å². The number of likely N-dealkylation sites (N-methyl/N-ethyl adjacent to an activating group) is 1. The van der Waals surface area contributed by atoms with Gasteiger partial charge < -0.3 is 69.3 Å². The number of carbonyl (C=O) groups excluding carboxylic acids is 6. The number of sulfonamides is 1. The molecule has 1 aliphatic carbocycles. The number of amides is 6. The van der Waals surface area contributed by atoms with Crippen molar-refractivity contribution in [3.05, 3.63) is 82.0 Å². The molecule has 27 heteroatoms. The second-order valence-electron chi connectivity index (χ2n) is 23.0. The highest BCUT2D eigenvalue weighted by Gasteiger charge is 2.57. The van der Waals surface area contributed by atoms with Crippen LogP contribution in [0.3, 0.4) is 0 Å². The number of benzene rings is 2. The molecule has 7 N–H and O–H groups in total. The number of imide groups is 1. The summed E-state index contributed by atoms with van der Waals surface area (Å²) in [6, 6.07) is 6.41. The largest absolute Gasteiger partial charge is 0.491 e. The Morgan fingerprint density at radius 3 is 1.95 bits per heavy atom. The van der Waals surface area contributed by atoms with Crippen LogP contribution < -0.4 is 20.7 Å². The maximum Gasteiger partial charge on any atom is 0.410 e. The lowest BCUT2D eigenvalue weighted by atomic mass is 9.72. The lowest BCUT2D eigenvalue weighted by molar-refractivity contribution is -0.305. The van der Waals surface area contributed by atoms with Crippen molar-refractivity contribution in [1.82, 2.24) is 30.5 Å². The second-order valence-corrected chi connectivity index (χ2v) is 24.9. The van der Waals surface area contributed by atoms with Crippen LogP contribution in [0, 0.1) is 10.8 Å². The molecular weight excluding hydrogens is 1060 g/mol. The number of nitroso groups, excluding NO2 is 1. The smallest absolute Gasteiger partial charge is 0.410 e. The summed E-state index contributed by atoms with van der Waals surface area (Å²) in [5.41, 5.74) is -4.16. The fourth-order valence-corrected chi connectivity index (χ4v) is 10.9. The third kappa shape index (κ3) is 16.3. The van der Waals surface area contributed by atoms with E-state index >= 15 is 0 Å². The Morgan fingerprint density at radius 1 is 0.823 bits per heavy atom. The molecule has 0 spiro atoms. The molecule has 1 saturated carbocycles. The van der Waals surface area contributed by atoms with Crippen molar-refractivity contribution < 1.29 is 85.7 Å². The number of rotatable bonds is 16. The monoisotopic (exact) mass is 1130 g/mol. The Labute approximate surface area is 458 Å². The van der Waals surface area contributed by atoms with E-state index in [0.717, 1.165) is 9.80 Å². The number of ether oxygens (including phenoxy) is 7. The van der Waals surface area contributed by atoms with E-state index in [-0.39, 0.29) is 42.1 Å². The normalized spacial score (nSPS) is 27.3. The quantitative estimate of drug-likeness (QED) is 0.0713. The van der Waals surface area contributed by atoms with Gasteiger partial charge in [0.15, 0.2) is 6.29 Å². The minimum absolute atomic E-state index is 0.0485. The van der Waals surface area contributed by atoms with Gasteiger partial charge in [-0.25, -0.2) is 32.3 Å². The number of carbonyl (C=O) groups is 6. The van der Waals surface area contributed by atoms with Crippen LogP contribution in [0.4, 0.5) is 24.9 Å². The summed E-state index contributed by atoms with van der Waals surface area (Å²) in [5.74, 6) is -3.66. The predicted molar refractivity (Wildman–Crippen MR) is 280 cm³/mol. The Hall–Kier alpha value is -6.49. The van der Waals surface area contributed by atoms with Crippen LogP contribution >= 0.6 is 0 Å². The maximum absolute atomic E-state index is 14.3. The molecule has 4 aliphatic rings. The Kier molecular flexibility index (Phi) is 19.1. The molecule has 1 unspecified atom stereocenters. The number of aliphatic hydroxyl groups is 3. The molecule has 2 aromatic carbocycles. The van der Waals surface area contributed by atoms with E-state index in [9.17, 15) is 57.4 Å². The van der Waals surface area contributed by atoms with Crippen LogP contribution in [-0.4, -0.2) is 179 Å². The van der Waals surface area contributed by atoms with E-state index in [1.54, 1.807) is 92.7 Å². The Bertz CT molecular complexity index is 2690. The molecule has 0 bridgehead atoms. The van der Waals surface area contributed by atoms with Crippen molar-refractivity contribution in [3.63, 3.8) is 0 Å². The highest BCUT2D eigenvalue weighted by molar-refractivity contribution is 7.89. The lowest BCUT2D eigenvalue weighted by Crippen LogP contribution is -2.71. The average molecular weight is 1130 g/mol. The van der Waals surface area contributed by atoms with Gasteiger partial charge in [-0.15, -0.1) is 4.91 Å². The molecule has 11 atom stereocenters. The number of nitrogens with one attached hydrogen (secondary N) is 4. The molecule has 436 valence electrons. The van der Waals surface area contributed by atoms with E-state index in [1.807, 2.05) is 0 Å². The summed E-state index contributed by atoms with van der Waals surface area (Å²) in [4.78, 5) is 93.1. The van der Waals surface area contributed by atoms with Crippen LogP contribution in [0.25, 0.3) is 0 Å². The van der Waals surface area contributed by atoms with Gasteiger partial charge in [-0.3, -0.25) is 14.5 Å². The van der Waals surface area contributed by atoms with E-state index in [0.29, 0.717) is 5.56 Å². The van der Waals surface area contributed by atoms with Gasteiger partial charge in [0.2, 0.25) is 10.0 Å². The summed E-state index contributed by atoms with van der Waals surface area (Å²) in [6.07, 6.45) is -11.7. The molecule has 6 amide bonds. The summed E-state index contributed by atoms with van der Waals surface area (Å²) in [6.45, 7) is 14.1. The highest BCUT2D eigenvalue weighted by atomic mass is 32.2. The number of hydrogen-bond acceptors (Lipinski definition) is 20. The molecule has 2 aromatic rings. The average Bonchev–Trinajstić information content (AvgIpc) is 3.69. The molecule has 79 heavy (non-hydrogen) atoms. The van der Waals surface area contributed by atoms with E-state index < -0.39 is 155 Å². The first-order valence-corrected chi connectivity index (χ1v) is 27.3. The summed E-state index contributed by atoms with van der Waals surface area (Å²) >= 11 is 0. The molecule has 1 saturated heterocycles. The number of alkyl carbamates (subject to hydrolysis) is 3.